The van der Waals surface area contributed by atoms with E-state index in [1.54, 1.807) is 0 Å². The molecule has 0 bridgehead atoms. The monoisotopic (exact) mass is 288 g/mol. The first-order valence-electron chi connectivity index (χ1n) is 7.11. The fraction of sp³-hybridized carbons (Fsp3) is 0.923. The summed E-state index contributed by atoms with van der Waals surface area (Å²) in [7, 11) is -3.24. The summed E-state index contributed by atoms with van der Waals surface area (Å²) in [6.45, 7) is 0.907. The molecule has 2 rings (SSSR count). The summed E-state index contributed by atoms with van der Waals surface area (Å²) >= 11 is 0. The van der Waals surface area contributed by atoms with Crippen LogP contribution in [0.25, 0.3) is 0 Å². The summed E-state index contributed by atoms with van der Waals surface area (Å²) in [5.74, 6) is -0.760. The van der Waals surface area contributed by atoms with E-state index in [4.69, 9.17) is 0 Å². The van der Waals surface area contributed by atoms with Crippen molar-refractivity contribution < 1.29 is 13.2 Å². The molecule has 1 aliphatic carbocycles. The summed E-state index contributed by atoms with van der Waals surface area (Å²) in [4.78, 5) is 11.7. The molecule has 110 valence electrons. The van der Waals surface area contributed by atoms with Gasteiger partial charge >= 0.3 is 0 Å². The van der Waals surface area contributed by atoms with Crippen LogP contribution >= 0.6 is 0 Å². The number of amides is 1. The molecule has 1 amide bonds. The molecule has 0 radical (unpaired) electrons. The van der Waals surface area contributed by atoms with Gasteiger partial charge in [-0.25, -0.2) is 8.42 Å². The van der Waals surface area contributed by atoms with E-state index in [2.05, 4.69) is 10.6 Å². The average molecular weight is 288 g/mol. The van der Waals surface area contributed by atoms with Crippen molar-refractivity contribution in [3.8, 4) is 0 Å². The summed E-state index contributed by atoms with van der Waals surface area (Å²) in [5.41, 5.74) is 0.180. The fourth-order valence-corrected chi connectivity index (χ4v) is 3.96. The lowest BCUT2D eigenvalue weighted by molar-refractivity contribution is -0.119. The first-order chi connectivity index (χ1) is 8.89. The molecule has 2 N–H and O–H groups in total. The first-order valence-corrected chi connectivity index (χ1v) is 9.17. The van der Waals surface area contributed by atoms with Crippen molar-refractivity contribution in [3.05, 3.63) is 0 Å². The van der Waals surface area contributed by atoms with Gasteiger partial charge in [0, 0.05) is 17.8 Å². The number of carbonyl (C=O) groups is 1. The number of hydrogen-bond acceptors (Lipinski definition) is 4. The molecule has 1 saturated heterocycles. The summed E-state index contributed by atoms with van der Waals surface area (Å²) in [6.07, 6.45) is 9.05. The molecule has 1 aliphatic heterocycles. The highest BCUT2D eigenvalue weighted by molar-refractivity contribution is 7.91. The Bertz CT molecular complexity index is 422. The first kappa shape index (κ1) is 14.8. The van der Waals surface area contributed by atoms with Gasteiger partial charge in [-0.15, -0.1) is 0 Å². The highest BCUT2D eigenvalue weighted by Gasteiger charge is 2.37. The standard InChI is InChI=1S/C13H24N2O3S/c1-19(17,18)10-12(16)15-11-5-8-14-13(9-11)6-3-2-4-7-13/h11,14H,2-10H2,1H3,(H,15,16). The Balaban J connectivity index is 1.89. The Morgan fingerprint density at radius 2 is 2.00 bits per heavy atom. The molecule has 1 unspecified atom stereocenters. The molecule has 19 heavy (non-hydrogen) atoms. The number of sulfone groups is 1. The van der Waals surface area contributed by atoms with Gasteiger partial charge in [-0.05, 0) is 32.2 Å². The van der Waals surface area contributed by atoms with Crippen molar-refractivity contribution in [3.63, 3.8) is 0 Å². The van der Waals surface area contributed by atoms with Gasteiger partial charge in [-0.1, -0.05) is 19.3 Å². The molecule has 0 aromatic rings. The molecule has 1 atom stereocenters. The van der Waals surface area contributed by atoms with Gasteiger partial charge in [0.25, 0.3) is 0 Å². The van der Waals surface area contributed by atoms with E-state index in [0.29, 0.717) is 0 Å². The summed E-state index contributed by atoms with van der Waals surface area (Å²) < 4.78 is 22.2. The average Bonchev–Trinajstić information content (AvgIpc) is 2.27. The van der Waals surface area contributed by atoms with Crippen LogP contribution < -0.4 is 10.6 Å². The lowest BCUT2D eigenvalue weighted by atomic mass is 9.75. The minimum absolute atomic E-state index is 0.119. The minimum atomic E-state index is -3.24. The summed E-state index contributed by atoms with van der Waals surface area (Å²) in [6, 6.07) is 0.119. The minimum Gasteiger partial charge on any atom is -0.352 e. The Hall–Kier alpha value is -0.620. The van der Waals surface area contributed by atoms with E-state index in [-0.39, 0.29) is 17.5 Å². The quantitative estimate of drug-likeness (QED) is 0.797. The molecule has 0 aromatic heterocycles. The van der Waals surface area contributed by atoms with E-state index >= 15 is 0 Å². The number of hydrogen-bond donors (Lipinski definition) is 2. The van der Waals surface area contributed by atoms with Crippen molar-refractivity contribution in [1.29, 1.82) is 0 Å². The van der Waals surface area contributed by atoms with Crippen LogP contribution in [0.3, 0.4) is 0 Å². The van der Waals surface area contributed by atoms with Crippen LogP contribution in [-0.2, 0) is 14.6 Å². The van der Waals surface area contributed by atoms with E-state index < -0.39 is 15.6 Å². The molecule has 5 nitrogen and oxygen atoms in total. The van der Waals surface area contributed by atoms with Gasteiger partial charge in [-0.2, -0.15) is 0 Å². The zero-order chi connectivity index (χ0) is 13.9. The van der Waals surface area contributed by atoms with Crippen LogP contribution in [-0.4, -0.2) is 44.5 Å². The molecule has 2 aliphatic rings. The second-order valence-electron chi connectivity index (χ2n) is 6.10. The largest absolute Gasteiger partial charge is 0.352 e. The molecule has 6 heteroatoms. The third kappa shape index (κ3) is 4.45. The highest BCUT2D eigenvalue weighted by Crippen LogP contribution is 2.34. The predicted octanol–water partition coefficient (Wildman–Crippen LogP) is 0.602. The van der Waals surface area contributed by atoms with E-state index in [9.17, 15) is 13.2 Å². The Morgan fingerprint density at radius 1 is 1.32 bits per heavy atom. The van der Waals surface area contributed by atoms with Crippen LogP contribution in [0.4, 0.5) is 0 Å². The number of piperidine rings is 1. The smallest absolute Gasteiger partial charge is 0.235 e. The molecule has 1 saturated carbocycles. The molecule has 0 aromatic carbocycles. The third-order valence-corrected chi connectivity index (χ3v) is 4.99. The molecular weight excluding hydrogens is 264 g/mol. The molecule has 2 fully saturated rings. The second kappa shape index (κ2) is 5.79. The normalized spacial score (nSPS) is 27.1. The second-order valence-corrected chi connectivity index (χ2v) is 8.24. The maximum absolute atomic E-state index is 11.7. The summed E-state index contributed by atoms with van der Waals surface area (Å²) in [5, 5.41) is 6.51. The van der Waals surface area contributed by atoms with Gasteiger partial charge in [0.15, 0.2) is 9.84 Å². The van der Waals surface area contributed by atoms with Gasteiger partial charge in [0.05, 0.1) is 0 Å². The van der Waals surface area contributed by atoms with Gasteiger partial charge in [0.1, 0.15) is 5.75 Å². The molecule has 1 spiro atoms. The predicted molar refractivity (Wildman–Crippen MR) is 74.7 cm³/mol. The van der Waals surface area contributed by atoms with Crippen LogP contribution in [0, 0.1) is 0 Å². The third-order valence-electron chi connectivity index (χ3n) is 4.20. The highest BCUT2D eigenvalue weighted by atomic mass is 32.2. The van der Waals surface area contributed by atoms with Crippen LogP contribution in [0.5, 0.6) is 0 Å². The maximum Gasteiger partial charge on any atom is 0.235 e. The maximum atomic E-state index is 11.7. The zero-order valence-corrected chi connectivity index (χ0v) is 12.4. The van der Waals surface area contributed by atoms with Gasteiger partial charge in [-0.3, -0.25) is 4.79 Å². The van der Waals surface area contributed by atoms with E-state index in [1.165, 1.54) is 32.1 Å². The number of rotatable bonds is 3. The van der Waals surface area contributed by atoms with Crippen LogP contribution in [0.15, 0.2) is 0 Å². The van der Waals surface area contributed by atoms with Gasteiger partial charge in [0.2, 0.25) is 5.91 Å². The number of carbonyl (C=O) groups excluding carboxylic acids is 1. The lowest BCUT2D eigenvalue weighted by Gasteiger charge is -2.44. The zero-order valence-electron chi connectivity index (χ0n) is 11.6. The van der Waals surface area contributed by atoms with Crippen molar-refractivity contribution in [2.45, 2.75) is 56.5 Å². The van der Waals surface area contributed by atoms with Crippen LogP contribution in [0.1, 0.15) is 44.9 Å². The van der Waals surface area contributed by atoms with Crippen molar-refractivity contribution >= 4 is 15.7 Å². The Morgan fingerprint density at radius 3 is 2.63 bits per heavy atom. The van der Waals surface area contributed by atoms with E-state index in [0.717, 1.165) is 25.6 Å². The lowest BCUT2D eigenvalue weighted by Crippen LogP contribution is -2.57. The Labute approximate surface area is 115 Å². The van der Waals surface area contributed by atoms with Gasteiger partial charge < -0.3 is 10.6 Å². The SMILES string of the molecule is CS(=O)(=O)CC(=O)NC1CCNC2(CCCCC2)C1. The number of nitrogens with one attached hydrogen (secondary N) is 2. The van der Waals surface area contributed by atoms with Crippen molar-refractivity contribution in [1.82, 2.24) is 10.6 Å². The Kier molecular flexibility index (Phi) is 4.50. The molecular formula is C13H24N2O3S. The van der Waals surface area contributed by atoms with Crippen LogP contribution in [0.2, 0.25) is 0 Å². The van der Waals surface area contributed by atoms with E-state index in [1.807, 2.05) is 0 Å². The molecule has 1 heterocycles. The topological polar surface area (TPSA) is 75.3 Å². The van der Waals surface area contributed by atoms with Crippen molar-refractivity contribution in [2.75, 3.05) is 18.6 Å². The fourth-order valence-electron chi connectivity index (χ4n) is 3.40. The van der Waals surface area contributed by atoms with Crippen molar-refractivity contribution in [2.24, 2.45) is 0 Å².